The summed E-state index contributed by atoms with van der Waals surface area (Å²) in [5.74, 6) is -1.38. The number of amides is 1. The zero-order chi connectivity index (χ0) is 17.0. The SMILES string of the molecule is CCCCCCCCCCCC(=O)N(C(C)O)C(C)C(=O)O. The van der Waals surface area contributed by atoms with E-state index in [2.05, 4.69) is 6.92 Å². The molecule has 5 nitrogen and oxygen atoms in total. The maximum absolute atomic E-state index is 12.0. The number of nitrogens with zero attached hydrogens (tertiary/aromatic N) is 1. The van der Waals surface area contributed by atoms with Crippen molar-refractivity contribution in [1.82, 2.24) is 4.90 Å². The number of unbranched alkanes of at least 4 members (excludes halogenated alkanes) is 8. The van der Waals surface area contributed by atoms with E-state index in [-0.39, 0.29) is 5.91 Å². The van der Waals surface area contributed by atoms with Crippen LogP contribution in [-0.4, -0.2) is 39.3 Å². The Kier molecular flexibility index (Phi) is 11.8. The van der Waals surface area contributed by atoms with Crippen LogP contribution in [0.15, 0.2) is 0 Å². The molecule has 2 atom stereocenters. The highest BCUT2D eigenvalue weighted by Crippen LogP contribution is 2.13. The van der Waals surface area contributed by atoms with Crippen molar-refractivity contribution in [2.24, 2.45) is 0 Å². The second-order valence-corrected chi connectivity index (χ2v) is 6.03. The van der Waals surface area contributed by atoms with E-state index in [0.29, 0.717) is 6.42 Å². The first-order chi connectivity index (χ1) is 10.4. The number of hydrogen-bond acceptors (Lipinski definition) is 3. The highest BCUT2D eigenvalue weighted by molar-refractivity contribution is 5.83. The normalized spacial score (nSPS) is 13.6. The molecule has 0 bridgehead atoms. The molecule has 130 valence electrons. The van der Waals surface area contributed by atoms with Crippen molar-refractivity contribution in [2.45, 2.75) is 97.2 Å². The van der Waals surface area contributed by atoms with E-state index < -0.39 is 18.2 Å². The molecule has 0 aliphatic rings. The van der Waals surface area contributed by atoms with E-state index in [1.54, 1.807) is 0 Å². The maximum Gasteiger partial charge on any atom is 0.326 e. The molecule has 0 aromatic carbocycles. The summed E-state index contributed by atoms with van der Waals surface area (Å²) in [6.45, 7) is 5.05. The molecule has 0 aliphatic carbocycles. The van der Waals surface area contributed by atoms with E-state index >= 15 is 0 Å². The van der Waals surface area contributed by atoms with Gasteiger partial charge in [-0.2, -0.15) is 0 Å². The molecule has 0 rings (SSSR count). The van der Waals surface area contributed by atoms with E-state index in [0.717, 1.165) is 24.2 Å². The van der Waals surface area contributed by atoms with E-state index in [1.165, 1.54) is 52.4 Å². The van der Waals surface area contributed by atoms with Gasteiger partial charge in [-0.15, -0.1) is 0 Å². The Morgan fingerprint density at radius 1 is 0.909 bits per heavy atom. The van der Waals surface area contributed by atoms with Crippen LogP contribution in [0.5, 0.6) is 0 Å². The molecule has 2 unspecified atom stereocenters. The lowest BCUT2D eigenvalue weighted by Crippen LogP contribution is -2.48. The predicted molar refractivity (Wildman–Crippen MR) is 87.5 cm³/mol. The largest absolute Gasteiger partial charge is 0.480 e. The summed E-state index contributed by atoms with van der Waals surface area (Å²) in [7, 11) is 0. The Morgan fingerprint density at radius 2 is 1.36 bits per heavy atom. The van der Waals surface area contributed by atoms with Gasteiger partial charge in [-0.05, 0) is 20.3 Å². The van der Waals surface area contributed by atoms with Crippen molar-refractivity contribution >= 4 is 11.9 Å². The van der Waals surface area contributed by atoms with Crippen LogP contribution in [0, 0.1) is 0 Å². The molecule has 0 aromatic rings. The zero-order valence-electron chi connectivity index (χ0n) is 14.4. The van der Waals surface area contributed by atoms with Crippen LogP contribution in [0.4, 0.5) is 0 Å². The van der Waals surface area contributed by atoms with Crippen molar-refractivity contribution < 1.29 is 19.8 Å². The first kappa shape index (κ1) is 20.9. The van der Waals surface area contributed by atoms with E-state index in [9.17, 15) is 14.7 Å². The monoisotopic (exact) mass is 315 g/mol. The molecule has 2 N–H and O–H groups in total. The minimum atomic E-state index is -1.10. The fourth-order valence-corrected chi connectivity index (χ4v) is 2.58. The number of aliphatic hydroxyl groups excluding tert-OH is 1. The van der Waals surface area contributed by atoms with Gasteiger partial charge in [0.2, 0.25) is 5.91 Å². The summed E-state index contributed by atoms with van der Waals surface area (Å²) in [5.41, 5.74) is 0. The number of rotatable bonds is 13. The lowest BCUT2D eigenvalue weighted by molar-refractivity contribution is -0.158. The van der Waals surface area contributed by atoms with Gasteiger partial charge < -0.3 is 15.1 Å². The molecule has 0 fully saturated rings. The summed E-state index contributed by atoms with van der Waals surface area (Å²) < 4.78 is 0. The molecule has 0 radical (unpaired) electrons. The molecule has 1 amide bonds. The number of carbonyl (C=O) groups excluding carboxylic acids is 1. The fourth-order valence-electron chi connectivity index (χ4n) is 2.58. The summed E-state index contributed by atoms with van der Waals surface area (Å²) in [5, 5.41) is 18.6. The summed E-state index contributed by atoms with van der Waals surface area (Å²) in [6, 6.07) is -0.994. The minimum Gasteiger partial charge on any atom is -0.480 e. The highest BCUT2D eigenvalue weighted by Gasteiger charge is 2.28. The van der Waals surface area contributed by atoms with E-state index in [4.69, 9.17) is 5.11 Å². The molecular formula is C17H33NO4. The molecule has 22 heavy (non-hydrogen) atoms. The average Bonchev–Trinajstić information content (AvgIpc) is 2.45. The van der Waals surface area contributed by atoms with Gasteiger partial charge in [-0.25, -0.2) is 4.79 Å². The van der Waals surface area contributed by atoms with Gasteiger partial charge in [-0.3, -0.25) is 4.79 Å². The lowest BCUT2D eigenvalue weighted by atomic mass is 10.1. The first-order valence-electron chi connectivity index (χ1n) is 8.63. The standard InChI is InChI=1S/C17H33NO4/c1-4-5-6-7-8-9-10-11-12-13-16(20)18(15(3)19)14(2)17(21)22/h14-15,19H,4-13H2,1-3H3,(H,21,22). The number of aliphatic hydroxyl groups is 1. The molecule has 0 saturated heterocycles. The quantitative estimate of drug-likeness (QED) is 0.402. The number of carboxylic acids is 1. The molecule has 0 spiro atoms. The molecular weight excluding hydrogens is 282 g/mol. The second kappa shape index (κ2) is 12.4. The van der Waals surface area contributed by atoms with Crippen LogP contribution < -0.4 is 0 Å². The number of hydrogen-bond donors (Lipinski definition) is 2. The van der Waals surface area contributed by atoms with Crippen molar-refractivity contribution in [3.8, 4) is 0 Å². The van der Waals surface area contributed by atoms with Gasteiger partial charge >= 0.3 is 5.97 Å². The van der Waals surface area contributed by atoms with Crippen LogP contribution in [0.1, 0.15) is 85.0 Å². The smallest absolute Gasteiger partial charge is 0.326 e. The number of carbonyl (C=O) groups is 2. The Hall–Kier alpha value is -1.10. The third kappa shape index (κ3) is 9.03. The maximum atomic E-state index is 12.0. The molecule has 0 aliphatic heterocycles. The van der Waals surface area contributed by atoms with Crippen LogP contribution in [-0.2, 0) is 9.59 Å². The van der Waals surface area contributed by atoms with Crippen molar-refractivity contribution in [3.05, 3.63) is 0 Å². The van der Waals surface area contributed by atoms with Gasteiger partial charge in [0, 0.05) is 6.42 Å². The summed E-state index contributed by atoms with van der Waals surface area (Å²) >= 11 is 0. The third-order valence-corrected chi connectivity index (χ3v) is 3.96. The van der Waals surface area contributed by atoms with Crippen molar-refractivity contribution in [2.75, 3.05) is 0 Å². The van der Waals surface area contributed by atoms with Crippen LogP contribution >= 0.6 is 0 Å². The van der Waals surface area contributed by atoms with E-state index in [1.807, 2.05) is 0 Å². The van der Waals surface area contributed by atoms with Crippen molar-refractivity contribution in [1.29, 1.82) is 0 Å². The van der Waals surface area contributed by atoms with Gasteiger partial charge in [0.15, 0.2) is 0 Å². The van der Waals surface area contributed by atoms with Crippen LogP contribution in [0.3, 0.4) is 0 Å². The molecule has 0 aromatic heterocycles. The van der Waals surface area contributed by atoms with Crippen LogP contribution in [0.25, 0.3) is 0 Å². The molecule has 5 heteroatoms. The number of aliphatic carboxylic acids is 1. The minimum absolute atomic E-state index is 0.284. The van der Waals surface area contributed by atoms with Crippen molar-refractivity contribution in [3.63, 3.8) is 0 Å². The molecule has 0 saturated carbocycles. The van der Waals surface area contributed by atoms with Crippen LogP contribution in [0.2, 0.25) is 0 Å². The van der Waals surface area contributed by atoms with Gasteiger partial charge in [0.05, 0.1) is 0 Å². The third-order valence-electron chi connectivity index (χ3n) is 3.96. The summed E-state index contributed by atoms with van der Waals surface area (Å²) in [6.07, 6.45) is 9.70. The predicted octanol–water partition coefficient (Wildman–Crippen LogP) is 3.55. The highest BCUT2D eigenvalue weighted by atomic mass is 16.4. The summed E-state index contributed by atoms with van der Waals surface area (Å²) in [4.78, 5) is 24.1. The topological polar surface area (TPSA) is 77.8 Å². The zero-order valence-corrected chi connectivity index (χ0v) is 14.4. The Balaban J connectivity index is 3.84. The molecule has 0 heterocycles. The van der Waals surface area contributed by atoms with Gasteiger partial charge in [0.1, 0.15) is 12.3 Å². The Labute approximate surface area is 134 Å². The fraction of sp³-hybridized carbons (Fsp3) is 0.882. The Morgan fingerprint density at radius 3 is 1.77 bits per heavy atom. The Bertz CT molecular complexity index is 318. The lowest BCUT2D eigenvalue weighted by Gasteiger charge is -2.29. The van der Waals surface area contributed by atoms with Gasteiger partial charge in [-0.1, -0.05) is 58.3 Å². The first-order valence-corrected chi connectivity index (χ1v) is 8.63. The van der Waals surface area contributed by atoms with Gasteiger partial charge in [0.25, 0.3) is 0 Å². The second-order valence-electron chi connectivity index (χ2n) is 6.03. The average molecular weight is 315 g/mol. The number of carboxylic acid groups (broad SMARTS) is 1.